The van der Waals surface area contributed by atoms with Crippen LogP contribution >= 0.6 is 11.6 Å². The number of carbonyl (C=O) groups excluding carboxylic acids is 2. The van der Waals surface area contributed by atoms with Crippen LogP contribution in [-0.4, -0.2) is 50.3 Å². The molecule has 1 fully saturated rings. The van der Waals surface area contributed by atoms with E-state index in [-0.39, 0.29) is 40.5 Å². The maximum atomic E-state index is 12.7. The van der Waals surface area contributed by atoms with E-state index in [1.807, 2.05) is 0 Å². The molecule has 9 heteroatoms. The summed E-state index contributed by atoms with van der Waals surface area (Å²) >= 11 is 6.07. The second-order valence-electron chi connectivity index (χ2n) is 7.25. The molecule has 1 amide bonds. The van der Waals surface area contributed by atoms with Gasteiger partial charge in [-0.25, -0.2) is 13.2 Å². The van der Waals surface area contributed by atoms with Gasteiger partial charge in [0.2, 0.25) is 10.0 Å². The Balaban J connectivity index is 2.05. The molecule has 1 aliphatic carbocycles. The van der Waals surface area contributed by atoms with Crippen LogP contribution in [0.25, 0.3) is 0 Å². The summed E-state index contributed by atoms with van der Waals surface area (Å²) in [5.74, 6) is -0.737. The van der Waals surface area contributed by atoms with E-state index in [0.29, 0.717) is 5.92 Å². The van der Waals surface area contributed by atoms with E-state index in [1.165, 1.54) is 22.5 Å². The summed E-state index contributed by atoms with van der Waals surface area (Å²) in [6.45, 7) is 5.69. The molecule has 0 heterocycles. The Kier molecular flexibility index (Phi) is 8.48. The van der Waals surface area contributed by atoms with E-state index in [1.54, 1.807) is 13.8 Å². The van der Waals surface area contributed by atoms with Crippen LogP contribution < -0.4 is 5.32 Å². The number of ether oxygens (including phenoxy) is 1. The number of nitrogens with one attached hydrogen (secondary N) is 1. The third-order valence-electron chi connectivity index (χ3n) is 5.28. The SMILES string of the molecule is CCN(CC)S(=O)(=O)c1cc(C(=O)OCC(=O)N[C@@H]2CCCC[C@@H]2C)ccc1Cl. The van der Waals surface area contributed by atoms with Crippen LogP contribution in [0.1, 0.15) is 56.8 Å². The lowest BCUT2D eigenvalue weighted by atomic mass is 9.86. The number of benzene rings is 1. The number of hydrogen-bond donors (Lipinski definition) is 1. The fraction of sp³-hybridized carbons (Fsp3) is 0.600. The summed E-state index contributed by atoms with van der Waals surface area (Å²) < 4.78 is 31.8. The summed E-state index contributed by atoms with van der Waals surface area (Å²) in [6.07, 6.45) is 4.23. The minimum atomic E-state index is -3.83. The highest BCUT2D eigenvalue weighted by Crippen LogP contribution is 2.26. The highest BCUT2D eigenvalue weighted by molar-refractivity contribution is 7.89. The Labute approximate surface area is 177 Å². The Morgan fingerprint density at radius 3 is 2.48 bits per heavy atom. The number of hydrogen-bond acceptors (Lipinski definition) is 5. The maximum absolute atomic E-state index is 12.7. The zero-order valence-corrected chi connectivity index (χ0v) is 18.7. The highest BCUT2D eigenvalue weighted by Gasteiger charge is 2.26. The average Bonchev–Trinajstić information content (AvgIpc) is 2.69. The molecule has 0 spiro atoms. The fourth-order valence-corrected chi connectivity index (χ4v) is 5.48. The van der Waals surface area contributed by atoms with Crippen molar-refractivity contribution >= 4 is 33.5 Å². The van der Waals surface area contributed by atoms with Gasteiger partial charge in [-0.1, -0.05) is 45.2 Å². The van der Waals surface area contributed by atoms with Crippen molar-refractivity contribution in [2.45, 2.75) is 57.4 Å². The zero-order valence-electron chi connectivity index (χ0n) is 17.1. The topological polar surface area (TPSA) is 92.8 Å². The van der Waals surface area contributed by atoms with Crippen molar-refractivity contribution in [2.24, 2.45) is 5.92 Å². The van der Waals surface area contributed by atoms with Crippen molar-refractivity contribution in [2.75, 3.05) is 19.7 Å². The third kappa shape index (κ3) is 5.93. The van der Waals surface area contributed by atoms with Crippen LogP contribution in [0.5, 0.6) is 0 Å². The second kappa shape index (κ2) is 10.4. The van der Waals surface area contributed by atoms with Gasteiger partial charge in [-0.2, -0.15) is 4.31 Å². The first-order chi connectivity index (χ1) is 13.7. The molecule has 2 rings (SSSR count). The van der Waals surface area contributed by atoms with Gasteiger partial charge < -0.3 is 10.1 Å². The largest absolute Gasteiger partial charge is 0.452 e. The van der Waals surface area contributed by atoms with Crippen LogP contribution in [0.3, 0.4) is 0 Å². The van der Waals surface area contributed by atoms with Crippen LogP contribution in [-0.2, 0) is 19.6 Å². The molecule has 1 aliphatic rings. The summed E-state index contributed by atoms with van der Waals surface area (Å²) in [4.78, 5) is 24.3. The first-order valence-corrected chi connectivity index (χ1v) is 11.8. The van der Waals surface area contributed by atoms with Crippen molar-refractivity contribution in [1.82, 2.24) is 9.62 Å². The van der Waals surface area contributed by atoms with Gasteiger partial charge in [-0.3, -0.25) is 4.79 Å². The normalized spacial score (nSPS) is 19.8. The number of amides is 1. The standard InChI is InChI=1S/C20H29ClN2O5S/c1-4-23(5-2)29(26,27)18-12-15(10-11-16(18)21)20(25)28-13-19(24)22-17-9-7-6-8-14(17)3/h10-12,14,17H,4-9,13H2,1-3H3,(H,22,24)/t14-,17+/m0/s1. The molecule has 2 atom stereocenters. The Morgan fingerprint density at radius 2 is 1.86 bits per heavy atom. The smallest absolute Gasteiger partial charge is 0.338 e. The lowest BCUT2D eigenvalue weighted by Gasteiger charge is -2.29. The third-order valence-corrected chi connectivity index (χ3v) is 7.81. The van der Waals surface area contributed by atoms with Gasteiger partial charge in [0, 0.05) is 19.1 Å². The fourth-order valence-electron chi connectivity index (χ4n) is 3.52. The summed E-state index contributed by atoms with van der Waals surface area (Å²) in [5, 5.41) is 2.94. The molecule has 0 aliphatic heterocycles. The van der Waals surface area contributed by atoms with Crippen molar-refractivity contribution in [3.63, 3.8) is 0 Å². The average molecular weight is 445 g/mol. The van der Waals surface area contributed by atoms with E-state index in [2.05, 4.69) is 12.2 Å². The van der Waals surface area contributed by atoms with Gasteiger partial charge in [0.05, 0.1) is 10.6 Å². The molecular weight excluding hydrogens is 416 g/mol. The second-order valence-corrected chi connectivity index (χ2v) is 9.56. The molecule has 1 aromatic rings. The first-order valence-electron chi connectivity index (χ1n) is 9.96. The Bertz CT molecular complexity index is 839. The van der Waals surface area contributed by atoms with Crippen LogP contribution in [0.4, 0.5) is 0 Å². The van der Waals surface area contributed by atoms with E-state index in [4.69, 9.17) is 16.3 Å². The number of esters is 1. The summed E-state index contributed by atoms with van der Waals surface area (Å²) in [5.41, 5.74) is 0.0268. The van der Waals surface area contributed by atoms with Crippen molar-refractivity contribution in [3.8, 4) is 0 Å². The molecular formula is C20H29ClN2O5S. The number of rotatable bonds is 8. The molecule has 0 radical (unpaired) electrons. The molecule has 1 N–H and O–H groups in total. The molecule has 0 aromatic heterocycles. The molecule has 29 heavy (non-hydrogen) atoms. The molecule has 1 saturated carbocycles. The molecule has 0 saturated heterocycles. The molecule has 1 aromatic carbocycles. The van der Waals surface area contributed by atoms with Gasteiger partial charge in [0.15, 0.2) is 6.61 Å². The zero-order chi connectivity index (χ0) is 21.6. The van der Waals surface area contributed by atoms with E-state index < -0.39 is 22.6 Å². The number of nitrogens with zero attached hydrogens (tertiary/aromatic N) is 1. The van der Waals surface area contributed by atoms with E-state index in [9.17, 15) is 18.0 Å². The predicted molar refractivity (Wildman–Crippen MR) is 111 cm³/mol. The monoisotopic (exact) mass is 444 g/mol. The number of halogens is 1. The van der Waals surface area contributed by atoms with Crippen molar-refractivity contribution < 1.29 is 22.7 Å². The summed E-state index contributed by atoms with van der Waals surface area (Å²) in [7, 11) is -3.83. The van der Waals surface area contributed by atoms with E-state index >= 15 is 0 Å². The van der Waals surface area contributed by atoms with E-state index in [0.717, 1.165) is 25.7 Å². The molecule has 0 unspecified atom stereocenters. The Morgan fingerprint density at radius 1 is 1.21 bits per heavy atom. The molecule has 0 bridgehead atoms. The first kappa shape index (κ1) is 23.6. The van der Waals surface area contributed by atoms with Crippen molar-refractivity contribution in [3.05, 3.63) is 28.8 Å². The predicted octanol–water partition coefficient (Wildman–Crippen LogP) is 3.22. The number of carbonyl (C=O) groups is 2. The molecule has 7 nitrogen and oxygen atoms in total. The Hall–Kier alpha value is -1.64. The van der Waals surface area contributed by atoms with Crippen LogP contribution in [0.15, 0.2) is 23.1 Å². The number of sulfonamides is 1. The lowest BCUT2D eigenvalue weighted by Crippen LogP contribution is -2.42. The molecule has 162 valence electrons. The quantitative estimate of drug-likeness (QED) is 0.621. The van der Waals surface area contributed by atoms with Gasteiger partial charge >= 0.3 is 5.97 Å². The maximum Gasteiger partial charge on any atom is 0.338 e. The highest BCUT2D eigenvalue weighted by atomic mass is 35.5. The van der Waals surface area contributed by atoms with Crippen LogP contribution in [0.2, 0.25) is 5.02 Å². The summed E-state index contributed by atoms with van der Waals surface area (Å²) in [6, 6.07) is 4.02. The van der Waals surface area contributed by atoms with Gasteiger partial charge in [0.1, 0.15) is 4.90 Å². The van der Waals surface area contributed by atoms with Crippen LogP contribution in [0, 0.1) is 5.92 Å². The lowest BCUT2D eigenvalue weighted by molar-refractivity contribution is -0.125. The van der Waals surface area contributed by atoms with Gasteiger partial charge in [-0.15, -0.1) is 0 Å². The van der Waals surface area contributed by atoms with Crippen molar-refractivity contribution in [1.29, 1.82) is 0 Å². The van der Waals surface area contributed by atoms with Gasteiger partial charge in [-0.05, 0) is 37.0 Å². The minimum absolute atomic E-state index is 0.0254. The minimum Gasteiger partial charge on any atom is -0.452 e. The van der Waals surface area contributed by atoms with Gasteiger partial charge in [0.25, 0.3) is 5.91 Å².